The van der Waals surface area contributed by atoms with Crippen LogP contribution in [0.15, 0.2) is 48.8 Å². The van der Waals surface area contributed by atoms with Crippen LogP contribution in [-0.2, 0) is 14.2 Å². The largest absolute Gasteiger partial charge is 0.363 e. The zero-order valence-electron chi connectivity index (χ0n) is 24.9. The monoisotopic (exact) mass is 667 g/mol. The predicted octanol–water partition coefficient (Wildman–Crippen LogP) is 3.82. The molecule has 11 nitrogen and oxygen atoms in total. The van der Waals surface area contributed by atoms with Crippen molar-refractivity contribution in [3.8, 4) is 0 Å². The van der Waals surface area contributed by atoms with Crippen molar-refractivity contribution in [2.24, 2.45) is 11.8 Å². The molecule has 1 unspecified atom stereocenters. The maximum atomic E-state index is 14.3. The Labute approximate surface area is 268 Å². The molecule has 0 bridgehead atoms. The molecule has 14 heteroatoms. The number of anilines is 1. The minimum atomic E-state index is -4.97. The van der Waals surface area contributed by atoms with Crippen molar-refractivity contribution >= 4 is 52.4 Å². The molecule has 242 valence electrons. The van der Waals surface area contributed by atoms with Crippen LogP contribution >= 0.6 is 18.9 Å². The molecule has 5 fully saturated rings. The van der Waals surface area contributed by atoms with E-state index >= 15 is 0 Å². The summed E-state index contributed by atoms with van der Waals surface area (Å²) in [4.78, 5) is 70.9. The number of nitrogens with one attached hydrogen (secondary N) is 1. The van der Waals surface area contributed by atoms with Gasteiger partial charge in [0.15, 0.2) is 0 Å². The number of alkyl halides is 1. The molecule has 0 spiro atoms. The highest BCUT2D eigenvalue weighted by Crippen LogP contribution is 2.53. The summed E-state index contributed by atoms with van der Waals surface area (Å²) in [7, 11) is -4.97. The third-order valence-corrected chi connectivity index (χ3v) is 12.7. The van der Waals surface area contributed by atoms with E-state index in [2.05, 4.69) is 15.2 Å². The van der Waals surface area contributed by atoms with Gasteiger partial charge in [0.25, 0.3) is 5.91 Å². The van der Waals surface area contributed by atoms with Crippen LogP contribution in [0.4, 0.5) is 10.1 Å². The molecule has 5 aliphatic rings. The molecule has 1 saturated carbocycles. The zero-order chi connectivity index (χ0) is 31.9. The van der Waals surface area contributed by atoms with Gasteiger partial charge in [-0.2, -0.15) is 0 Å². The summed E-state index contributed by atoms with van der Waals surface area (Å²) in [6.45, 7) is 1.48. The number of pyridine rings is 1. The second-order valence-corrected chi connectivity index (χ2v) is 16.1. The Bertz CT molecular complexity index is 1770. The quantitative estimate of drug-likeness (QED) is 0.337. The van der Waals surface area contributed by atoms with Gasteiger partial charge in [-0.15, -0.1) is 11.3 Å². The van der Waals surface area contributed by atoms with Crippen LogP contribution in [0.25, 0.3) is 10.1 Å². The summed E-state index contributed by atoms with van der Waals surface area (Å²) < 4.78 is 26.4. The molecule has 3 amide bonds. The summed E-state index contributed by atoms with van der Waals surface area (Å²) in [5.74, 6) is -2.24. The van der Waals surface area contributed by atoms with Gasteiger partial charge in [0.05, 0.1) is 28.8 Å². The van der Waals surface area contributed by atoms with Crippen molar-refractivity contribution < 1.29 is 33.1 Å². The first-order valence-electron chi connectivity index (χ1n) is 15.9. The Morgan fingerprint density at radius 3 is 2.67 bits per heavy atom. The van der Waals surface area contributed by atoms with Crippen LogP contribution < -0.4 is 10.2 Å². The topological polar surface area (TPSA) is 143 Å². The van der Waals surface area contributed by atoms with Gasteiger partial charge in [-0.1, -0.05) is 6.07 Å². The van der Waals surface area contributed by atoms with E-state index in [0.717, 1.165) is 37.9 Å². The molecule has 4 saturated heterocycles. The molecule has 1 aromatic carbocycles. The average molecular weight is 668 g/mol. The standard InChI is InChI=1S/C32H35FN5O6PS/c33-29(45(42,43)44)17-3-6-27-20(10-17)14-28(46-27)30(39)35-23-13-19-11-18(19)12-21-4-5-25(38(21)31(23)40)32(41)37-16-26-24(37)7-9-36(26)22-2-1-8-34-15-22/h1-3,6,8,10,14-15,18-19,21,23-26,29H,4-5,7,9,11-13,16H2,(H,35,39)(H2,42,43,44)/t18-,19+,21-,23+,24+,25+,26+,29?/m1/s1. The highest BCUT2D eigenvalue weighted by molar-refractivity contribution is 7.51. The van der Waals surface area contributed by atoms with E-state index in [1.54, 1.807) is 17.2 Å². The molecule has 3 aromatic rings. The molecular weight excluding hydrogens is 632 g/mol. The zero-order valence-corrected chi connectivity index (χ0v) is 26.7. The fourth-order valence-corrected chi connectivity index (χ4v) is 9.78. The van der Waals surface area contributed by atoms with Gasteiger partial charge in [0.2, 0.25) is 17.7 Å². The lowest BCUT2D eigenvalue weighted by Crippen LogP contribution is -2.67. The summed E-state index contributed by atoms with van der Waals surface area (Å²) >= 11 is 1.17. The van der Waals surface area contributed by atoms with Crippen molar-refractivity contribution in [3.05, 3.63) is 59.2 Å². The lowest BCUT2D eigenvalue weighted by atomic mass is 9.95. The van der Waals surface area contributed by atoms with E-state index in [1.807, 2.05) is 23.2 Å². The first-order valence-corrected chi connectivity index (χ1v) is 18.4. The fraction of sp³-hybridized carbons (Fsp3) is 0.500. The normalized spacial score (nSPS) is 31.0. The Morgan fingerprint density at radius 2 is 1.89 bits per heavy atom. The summed E-state index contributed by atoms with van der Waals surface area (Å²) in [5, 5.41) is 3.45. The summed E-state index contributed by atoms with van der Waals surface area (Å²) in [5.41, 5.74) is 0.902. The first kappa shape index (κ1) is 30.0. The third kappa shape index (κ3) is 5.12. The number of hydrogen-bond acceptors (Lipinski definition) is 7. The number of nitrogens with zero attached hydrogens (tertiary/aromatic N) is 4. The highest BCUT2D eigenvalue weighted by Gasteiger charge is 2.55. The number of aromatic nitrogens is 1. The number of fused-ring (bicyclic) bond motifs is 4. The second kappa shape index (κ2) is 11.1. The Hall–Kier alpha value is -3.38. The Kier molecular flexibility index (Phi) is 7.24. The number of benzene rings is 1. The molecule has 4 aliphatic heterocycles. The molecule has 0 radical (unpaired) electrons. The fourth-order valence-electron chi connectivity index (χ4n) is 8.29. The van der Waals surface area contributed by atoms with Gasteiger partial charge in [0, 0.05) is 30.0 Å². The molecular formula is C32H35FN5O6PS. The molecule has 1 aliphatic carbocycles. The molecule has 6 heterocycles. The van der Waals surface area contributed by atoms with Crippen LogP contribution in [0, 0.1) is 11.8 Å². The number of likely N-dealkylation sites (tertiary alicyclic amines) is 1. The lowest BCUT2D eigenvalue weighted by Gasteiger charge is -2.49. The van der Waals surface area contributed by atoms with Crippen LogP contribution in [0.5, 0.6) is 0 Å². The number of amides is 3. The molecule has 2 aromatic heterocycles. The van der Waals surface area contributed by atoms with Crippen molar-refractivity contribution in [1.29, 1.82) is 0 Å². The second-order valence-electron chi connectivity index (χ2n) is 13.4. The van der Waals surface area contributed by atoms with Crippen molar-refractivity contribution in [2.75, 3.05) is 18.0 Å². The van der Waals surface area contributed by atoms with Crippen molar-refractivity contribution in [1.82, 2.24) is 20.1 Å². The maximum Gasteiger partial charge on any atom is 0.363 e. The van der Waals surface area contributed by atoms with E-state index in [1.165, 1.54) is 29.5 Å². The minimum absolute atomic E-state index is 0.00455. The summed E-state index contributed by atoms with van der Waals surface area (Å²) in [6.07, 6.45) is 8.31. The van der Waals surface area contributed by atoms with Crippen molar-refractivity contribution in [2.45, 2.75) is 74.6 Å². The van der Waals surface area contributed by atoms with Gasteiger partial charge in [0.1, 0.15) is 12.1 Å². The van der Waals surface area contributed by atoms with Gasteiger partial charge < -0.3 is 29.8 Å². The smallest absolute Gasteiger partial charge is 0.363 e. The Balaban J connectivity index is 0.986. The Morgan fingerprint density at radius 1 is 1.07 bits per heavy atom. The number of rotatable bonds is 6. The van der Waals surface area contributed by atoms with Crippen LogP contribution in [0.2, 0.25) is 0 Å². The van der Waals surface area contributed by atoms with Gasteiger partial charge >= 0.3 is 7.60 Å². The van der Waals surface area contributed by atoms with Crippen LogP contribution in [0.1, 0.15) is 59.7 Å². The maximum absolute atomic E-state index is 14.3. The lowest BCUT2D eigenvalue weighted by molar-refractivity contribution is -0.152. The average Bonchev–Trinajstić information content (AvgIpc) is 3.32. The number of carbonyl (C=O) groups excluding carboxylic acids is 3. The van der Waals surface area contributed by atoms with Crippen molar-refractivity contribution in [3.63, 3.8) is 0 Å². The van der Waals surface area contributed by atoms with Crippen LogP contribution in [0.3, 0.4) is 0 Å². The van der Waals surface area contributed by atoms with Gasteiger partial charge in [-0.3, -0.25) is 23.9 Å². The van der Waals surface area contributed by atoms with Crippen LogP contribution in [-0.4, -0.2) is 85.6 Å². The number of thiophene rings is 1. The SMILES string of the molecule is O=C(N[C@H]1C[C@@H]2C[C@@H]2C[C@H]2CC[C@@H](C(=O)N3C[C@H]4[C@@H]3CCN4c3cccnc3)N2C1=O)c1cc2cc(C(F)P(=O)(O)O)ccc2s1. The van der Waals surface area contributed by atoms with E-state index in [-0.39, 0.29) is 35.5 Å². The number of hydrogen-bond donors (Lipinski definition) is 3. The van der Waals surface area contributed by atoms with Gasteiger partial charge in [-0.25, -0.2) is 4.39 Å². The highest BCUT2D eigenvalue weighted by atomic mass is 32.1. The first-order chi connectivity index (χ1) is 22.1. The minimum Gasteiger partial charge on any atom is -0.363 e. The molecule has 3 N–H and O–H groups in total. The number of carbonyl (C=O) groups is 3. The van der Waals surface area contributed by atoms with E-state index in [0.29, 0.717) is 46.2 Å². The molecule has 8 atom stereocenters. The molecule has 46 heavy (non-hydrogen) atoms. The number of halogens is 1. The molecule has 8 rings (SSSR count). The van der Waals surface area contributed by atoms with Gasteiger partial charge in [-0.05, 0) is 91.6 Å². The van der Waals surface area contributed by atoms with E-state index < -0.39 is 31.5 Å². The third-order valence-electron chi connectivity index (χ3n) is 10.7. The van der Waals surface area contributed by atoms with E-state index in [9.17, 15) is 33.1 Å². The predicted molar refractivity (Wildman–Crippen MR) is 169 cm³/mol. The summed E-state index contributed by atoms with van der Waals surface area (Å²) in [6, 6.07) is 8.75. The van der Waals surface area contributed by atoms with E-state index in [4.69, 9.17) is 0 Å².